The van der Waals surface area contributed by atoms with E-state index < -0.39 is 14.9 Å². The second kappa shape index (κ2) is 4.84. The Kier molecular flexibility index (Phi) is 3.28. The normalized spacial score (nSPS) is 26.4. The third-order valence-corrected chi connectivity index (χ3v) is 5.73. The molecule has 5 heteroatoms. The molecule has 0 aromatic heterocycles. The van der Waals surface area contributed by atoms with Gasteiger partial charge < -0.3 is 5.73 Å². The largest absolute Gasteiger partial charge is 0.307 e. The van der Waals surface area contributed by atoms with E-state index in [1.807, 2.05) is 36.4 Å². The lowest BCUT2D eigenvalue weighted by molar-refractivity contribution is 0.544. The summed E-state index contributed by atoms with van der Waals surface area (Å²) in [6.07, 6.45) is 7.55. The summed E-state index contributed by atoms with van der Waals surface area (Å²) >= 11 is 0. The third-order valence-electron chi connectivity index (χ3n) is 3.74. The van der Waals surface area contributed by atoms with Gasteiger partial charge >= 0.3 is 0 Å². The molecule has 106 valence electrons. The Bertz CT molecular complexity index is 660. The summed E-state index contributed by atoms with van der Waals surface area (Å²) in [5, 5.41) is 0. The molecule has 20 heavy (non-hydrogen) atoms. The molecule has 0 spiro atoms. The first-order chi connectivity index (χ1) is 9.53. The molecular weight excluding hydrogens is 272 g/mol. The summed E-state index contributed by atoms with van der Waals surface area (Å²) in [4.78, 5) is -1.40. The highest BCUT2D eigenvalue weighted by molar-refractivity contribution is 7.91. The Balaban J connectivity index is 2.02. The summed E-state index contributed by atoms with van der Waals surface area (Å²) in [7, 11) is -3.61. The van der Waals surface area contributed by atoms with Crippen LogP contribution in [0.1, 0.15) is 24.8 Å². The van der Waals surface area contributed by atoms with Crippen molar-refractivity contribution in [3.8, 4) is 0 Å². The topological polar surface area (TPSA) is 72.2 Å². The van der Waals surface area contributed by atoms with Gasteiger partial charge in [-0.05, 0) is 24.0 Å². The molecule has 1 aromatic carbocycles. The Labute approximate surface area is 119 Å². The lowest BCUT2D eigenvalue weighted by Gasteiger charge is -2.33. The number of sulfonamides is 1. The van der Waals surface area contributed by atoms with E-state index in [0.717, 1.165) is 18.4 Å². The lowest BCUT2D eigenvalue weighted by Crippen LogP contribution is -2.54. The highest BCUT2D eigenvalue weighted by Gasteiger charge is 2.46. The van der Waals surface area contributed by atoms with E-state index in [2.05, 4.69) is 4.72 Å². The number of nitrogens with one attached hydrogen (secondary N) is 1. The van der Waals surface area contributed by atoms with Crippen molar-refractivity contribution in [3.63, 3.8) is 0 Å². The Morgan fingerprint density at radius 2 is 1.90 bits per heavy atom. The van der Waals surface area contributed by atoms with Gasteiger partial charge in [0.15, 0.2) is 4.87 Å². The van der Waals surface area contributed by atoms with E-state index in [9.17, 15) is 8.42 Å². The number of rotatable bonds is 4. The molecule has 1 unspecified atom stereocenters. The fourth-order valence-electron chi connectivity index (χ4n) is 2.40. The Morgan fingerprint density at radius 1 is 1.20 bits per heavy atom. The van der Waals surface area contributed by atoms with Gasteiger partial charge in [-0.15, -0.1) is 0 Å². The van der Waals surface area contributed by atoms with Crippen molar-refractivity contribution in [1.82, 2.24) is 4.72 Å². The van der Waals surface area contributed by atoms with Gasteiger partial charge in [0.05, 0.1) is 0 Å². The van der Waals surface area contributed by atoms with Crippen molar-refractivity contribution < 1.29 is 8.42 Å². The molecule has 2 aliphatic rings. The molecule has 3 N–H and O–H groups in total. The monoisotopic (exact) mass is 290 g/mol. The maximum atomic E-state index is 12.6. The van der Waals surface area contributed by atoms with Crippen molar-refractivity contribution in [1.29, 1.82) is 0 Å². The van der Waals surface area contributed by atoms with Gasteiger partial charge in [0.2, 0.25) is 10.0 Å². The molecule has 0 heterocycles. The minimum absolute atomic E-state index is 0.0587. The van der Waals surface area contributed by atoms with E-state index in [1.165, 1.54) is 0 Å². The molecule has 4 nitrogen and oxygen atoms in total. The first-order valence-electron chi connectivity index (χ1n) is 6.76. The third kappa shape index (κ3) is 2.32. The summed E-state index contributed by atoms with van der Waals surface area (Å²) in [5.74, 6) is 0. The van der Waals surface area contributed by atoms with Crippen LogP contribution in [0.15, 0.2) is 48.6 Å². The van der Waals surface area contributed by atoms with Crippen LogP contribution in [0.5, 0.6) is 0 Å². The van der Waals surface area contributed by atoms with Crippen LogP contribution in [0.25, 0.3) is 5.57 Å². The zero-order valence-corrected chi connectivity index (χ0v) is 11.9. The number of benzene rings is 1. The van der Waals surface area contributed by atoms with Crippen molar-refractivity contribution in [2.75, 3.05) is 0 Å². The molecule has 1 saturated carbocycles. The minimum Gasteiger partial charge on any atom is -0.307 e. The van der Waals surface area contributed by atoms with Crippen LogP contribution in [0, 0.1) is 0 Å². The van der Waals surface area contributed by atoms with Crippen LogP contribution >= 0.6 is 0 Å². The quantitative estimate of drug-likeness (QED) is 0.887. The predicted octanol–water partition coefficient (Wildman–Crippen LogP) is 1.77. The molecule has 1 fully saturated rings. The Morgan fingerprint density at radius 3 is 2.55 bits per heavy atom. The average molecular weight is 290 g/mol. The first kappa shape index (κ1) is 13.5. The fraction of sp³-hybridized carbons (Fsp3) is 0.333. The van der Waals surface area contributed by atoms with Crippen LogP contribution < -0.4 is 10.5 Å². The second-order valence-corrected chi connectivity index (χ2v) is 7.33. The maximum Gasteiger partial charge on any atom is 0.235 e. The predicted molar refractivity (Wildman–Crippen MR) is 80.2 cm³/mol. The summed E-state index contributed by atoms with van der Waals surface area (Å²) in [6.45, 7) is 0. The highest BCUT2D eigenvalue weighted by atomic mass is 32.2. The number of allylic oxidation sites excluding steroid dienone is 2. The fourth-order valence-corrected chi connectivity index (χ4v) is 4.07. The van der Waals surface area contributed by atoms with Gasteiger partial charge in [0, 0.05) is 12.5 Å². The van der Waals surface area contributed by atoms with Crippen LogP contribution in [0.3, 0.4) is 0 Å². The van der Waals surface area contributed by atoms with Crippen LogP contribution in [0.2, 0.25) is 0 Å². The van der Waals surface area contributed by atoms with E-state index >= 15 is 0 Å². The maximum absolute atomic E-state index is 12.6. The number of nitrogens with two attached hydrogens (primary N) is 1. The van der Waals surface area contributed by atoms with Crippen LogP contribution in [-0.2, 0) is 10.0 Å². The van der Waals surface area contributed by atoms with Crippen LogP contribution in [0.4, 0.5) is 0 Å². The van der Waals surface area contributed by atoms with Gasteiger partial charge in [-0.1, -0.05) is 48.6 Å². The minimum atomic E-state index is -3.61. The summed E-state index contributed by atoms with van der Waals surface area (Å²) < 4.78 is 28.0. The molecule has 0 aliphatic heterocycles. The number of hydrogen-bond acceptors (Lipinski definition) is 3. The van der Waals surface area contributed by atoms with Crippen LogP contribution in [-0.4, -0.2) is 19.3 Å². The molecule has 0 saturated heterocycles. The van der Waals surface area contributed by atoms with Crippen molar-refractivity contribution in [3.05, 3.63) is 54.1 Å². The molecule has 1 atom stereocenters. The van der Waals surface area contributed by atoms with Gasteiger partial charge in [0.25, 0.3) is 0 Å². The van der Waals surface area contributed by atoms with E-state index in [1.54, 1.807) is 12.2 Å². The molecule has 1 aromatic rings. The lowest BCUT2D eigenvalue weighted by atomic mass is 9.92. The number of hydrogen-bond donors (Lipinski definition) is 2. The van der Waals surface area contributed by atoms with E-state index in [4.69, 9.17) is 5.73 Å². The molecule has 0 radical (unpaired) electrons. The smallest absolute Gasteiger partial charge is 0.235 e. The second-order valence-electron chi connectivity index (χ2n) is 5.36. The zero-order valence-electron chi connectivity index (χ0n) is 11.1. The first-order valence-corrected chi connectivity index (χ1v) is 8.25. The molecule has 0 bridgehead atoms. The van der Waals surface area contributed by atoms with Crippen molar-refractivity contribution in [2.24, 2.45) is 5.73 Å². The van der Waals surface area contributed by atoms with E-state index in [-0.39, 0.29) is 12.5 Å². The molecule has 2 aliphatic carbocycles. The van der Waals surface area contributed by atoms with E-state index in [0.29, 0.717) is 5.57 Å². The SMILES string of the molecule is NC1(S(=O)(=O)NC2CC2)CC=CC=C1c1ccccc1. The standard InChI is InChI=1S/C15H18N2O2S/c16-15(20(18,19)17-13-9-10-13)11-5-4-8-14(15)12-6-2-1-3-7-12/h1-8,13,17H,9-11,16H2. The molecule has 3 rings (SSSR count). The Hall–Kier alpha value is -1.43. The molecular formula is C15H18N2O2S. The zero-order chi connectivity index (χ0) is 14.2. The van der Waals surface area contributed by atoms with Gasteiger partial charge in [-0.25, -0.2) is 13.1 Å². The highest BCUT2D eigenvalue weighted by Crippen LogP contribution is 2.36. The van der Waals surface area contributed by atoms with Crippen molar-refractivity contribution >= 4 is 15.6 Å². The van der Waals surface area contributed by atoms with Crippen molar-refractivity contribution in [2.45, 2.75) is 30.2 Å². The van der Waals surface area contributed by atoms with Gasteiger partial charge in [-0.2, -0.15) is 0 Å². The summed E-state index contributed by atoms with van der Waals surface area (Å²) in [6, 6.07) is 9.51. The molecule has 0 amide bonds. The summed E-state index contributed by atoms with van der Waals surface area (Å²) in [5.41, 5.74) is 7.81. The van der Waals surface area contributed by atoms with Gasteiger partial charge in [-0.3, -0.25) is 0 Å². The average Bonchev–Trinajstić information content (AvgIpc) is 3.23. The van der Waals surface area contributed by atoms with Gasteiger partial charge in [0.1, 0.15) is 0 Å².